The summed E-state index contributed by atoms with van der Waals surface area (Å²) in [4.78, 5) is 58.2. The van der Waals surface area contributed by atoms with E-state index in [0.29, 0.717) is 45.1 Å². The summed E-state index contributed by atoms with van der Waals surface area (Å²) in [5, 5.41) is 7.73. The molecule has 3 amide bonds. The number of aromatic nitrogens is 3. The van der Waals surface area contributed by atoms with Crippen molar-refractivity contribution in [3.63, 3.8) is 0 Å². The minimum atomic E-state index is -0.374. The first-order chi connectivity index (χ1) is 17.4. The van der Waals surface area contributed by atoms with Gasteiger partial charge in [-0.15, -0.1) is 11.8 Å². The molecule has 2 aliphatic rings. The number of nitrogens with zero attached hydrogens (tertiary/aromatic N) is 5. The summed E-state index contributed by atoms with van der Waals surface area (Å²) in [6, 6.07) is 7.01. The lowest BCUT2D eigenvalue weighted by Crippen LogP contribution is -2.29. The van der Waals surface area contributed by atoms with Crippen LogP contribution in [0.3, 0.4) is 0 Å². The second-order valence-electron chi connectivity index (χ2n) is 7.67. The van der Waals surface area contributed by atoms with Crippen molar-refractivity contribution in [2.75, 3.05) is 22.5 Å². The highest BCUT2D eigenvalue weighted by Gasteiger charge is 2.25. The lowest BCUT2D eigenvalue weighted by Gasteiger charge is -2.14. The first kappa shape index (κ1) is 23.6. The number of ketones is 1. The number of imide groups is 1. The van der Waals surface area contributed by atoms with Crippen molar-refractivity contribution in [3.8, 4) is 11.3 Å². The molecule has 1 aromatic carbocycles. The number of benzene rings is 1. The maximum absolute atomic E-state index is 12.0. The Bertz CT molecular complexity index is 1510. The second-order valence-corrected chi connectivity index (χ2v) is 9.62. The predicted molar refractivity (Wildman–Crippen MR) is 139 cm³/mol. The van der Waals surface area contributed by atoms with Crippen LogP contribution in [0.2, 0.25) is 0 Å². The number of fused-ring (bicyclic) bond motifs is 1. The number of thioether (sulfide) groups is 1. The SMILES string of the molecule is CC(=O)/N=C1\C=CC(=O)C=C1SCCNc1c(-c2ccc(N3C(=O)C=CC3=O)cc2)nc2scnn12. The van der Waals surface area contributed by atoms with Gasteiger partial charge in [0.1, 0.15) is 11.2 Å². The van der Waals surface area contributed by atoms with Gasteiger partial charge in [-0.25, -0.2) is 14.9 Å². The summed E-state index contributed by atoms with van der Waals surface area (Å²) in [6.45, 7) is 1.89. The van der Waals surface area contributed by atoms with Gasteiger partial charge in [-0.2, -0.15) is 9.61 Å². The van der Waals surface area contributed by atoms with Crippen LogP contribution in [0.5, 0.6) is 0 Å². The van der Waals surface area contributed by atoms with E-state index in [0.717, 1.165) is 10.5 Å². The number of rotatable bonds is 7. The smallest absolute Gasteiger partial charge is 0.258 e. The molecule has 0 unspecified atom stereocenters. The molecule has 10 nitrogen and oxygen atoms in total. The number of nitrogens with one attached hydrogen (secondary N) is 1. The van der Waals surface area contributed by atoms with Gasteiger partial charge in [-0.1, -0.05) is 23.5 Å². The van der Waals surface area contributed by atoms with Crippen LogP contribution in [0.1, 0.15) is 6.92 Å². The number of aliphatic imine (C=N–C) groups is 1. The molecule has 0 spiro atoms. The van der Waals surface area contributed by atoms with Crippen molar-refractivity contribution in [1.29, 1.82) is 0 Å². The lowest BCUT2D eigenvalue weighted by molar-refractivity contribution is -0.120. The number of carbonyl (C=O) groups is 4. The lowest BCUT2D eigenvalue weighted by atomic mass is 10.1. The minimum Gasteiger partial charge on any atom is -0.367 e. The average Bonchev–Trinajstić information content (AvgIpc) is 3.53. The molecule has 0 saturated carbocycles. The Morgan fingerprint density at radius 2 is 1.83 bits per heavy atom. The Kier molecular flexibility index (Phi) is 6.44. The molecule has 0 fully saturated rings. The van der Waals surface area contributed by atoms with Crippen LogP contribution in [0, 0.1) is 0 Å². The molecule has 0 bridgehead atoms. The largest absolute Gasteiger partial charge is 0.367 e. The Morgan fingerprint density at radius 1 is 1.08 bits per heavy atom. The van der Waals surface area contributed by atoms with Crippen LogP contribution < -0.4 is 10.2 Å². The molecule has 5 rings (SSSR count). The molecular weight excluding hydrogens is 500 g/mol. The monoisotopic (exact) mass is 518 g/mol. The van der Waals surface area contributed by atoms with Crippen molar-refractivity contribution >= 4 is 68.8 Å². The maximum atomic E-state index is 12.0. The third kappa shape index (κ3) is 4.68. The van der Waals surface area contributed by atoms with Gasteiger partial charge in [0, 0.05) is 47.9 Å². The van der Waals surface area contributed by atoms with E-state index in [1.165, 1.54) is 54.3 Å². The zero-order chi connectivity index (χ0) is 25.2. The van der Waals surface area contributed by atoms with Crippen LogP contribution in [0.15, 0.2) is 70.1 Å². The molecule has 3 aromatic rings. The molecule has 0 atom stereocenters. The van der Waals surface area contributed by atoms with E-state index < -0.39 is 0 Å². The van der Waals surface area contributed by atoms with Gasteiger partial charge in [0.25, 0.3) is 11.8 Å². The number of anilines is 2. The standard InChI is InChI=1S/C24H18N6O4S2/c1-14(31)27-18-7-6-17(32)12-19(18)35-11-10-25-23-22(28-24-30(23)26-13-36-24)15-2-4-16(5-3-15)29-20(33)8-9-21(29)34/h2-9,12-13,25H,10-11H2,1H3/b27-18+. The Hall–Kier alpha value is -4.16. The number of amides is 3. The third-order valence-electron chi connectivity index (χ3n) is 5.21. The van der Waals surface area contributed by atoms with Crippen LogP contribution >= 0.6 is 23.1 Å². The fourth-order valence-corrected chi connectivity index (χ4v) is 5.18. The van der Waals surface area contributed by atoms with Gasteiger partial charge >= 0.3 is 0 Å². The molecule has 1 N–H and O–H groups in total. The van der Waals surface area contributed by atoms with Gasteiger partial charge in [-0.3, -0.25) is 19.2 Å². The first-order valence-electron chi connectivity index (χ1n) is 10.8. The number of carbonyl (C=O) groups excluding carboxylic acids is 4. The molecule has 12 heteroatoms. The van der Waals surface area contributed by atoms with Crippen LogP contribution in [-0.2, 0) is 19.2 Å². The summed E-state index contributed by atoms with van der Waals surface area (Å²) in [6.07, 6.45) is 6.91. The normalized spacial score (nSPS) is 16.5. The zero-order valence-corrected chi connectivity index (χ0v) is 20.5. The van der Waals surface area contributed by atoms with E-state index >= 15 is 0 Å². The van der Waals surface area contributed by atoms with Crippen molar-refractivity contribution in [3.05, 3.63) is 65.1 Å². The fourth-order valence-electron chi connectivity index (χ4n) is 3.68. The quantitative estimate of drug-likeness (QED) is 0.287. The van der Waals surface area contributed by atoms with Crippen molar-refractivity contribution in [2.24, 2.45) is 4.99 Å². The van der Waals surface area contributed by atoms with Crippen LogP contribution in [0.25, 0.3) is 16.2 Å². The van der Waals surface area contributed by atoms with Gasteiger partial charge < -0.3 is 5.32 Å². The van der Waals surface area contributed by atoms with Crippen LogP contribution in [0.4, 0.5) is 11.5 Å². The van der Waals surface area contributed by atoms with Gasteiger partial charge in [0.05, 0.1) is 11.4 Å². The topological polar surface area (TPSA) is 126 Å². The highest BCUT2D eigenvalue weighted by Crippen LogP contribution is 2.32. The van der Waals surface area contributed by atoms with Crippen molar-refractivity contribution in [2.45, 2.75) is 6.92 Å². The summed E-state index contributed by atoms with van der Waals surface area (Å²) in [5.74, 6) is 0.0604. The highest BCUT2D eigenvalue weighted by atomic mass is 32.2. The van der Waals surface area contributed by atoms with Gasteiger partial charge in [0.2, 0.25) is 10.9 Å². The van der Waals surface area contributed by atoms with E-state index in [9.17, 15) is 19.2 Å². The molecule has 2 aromatic heterocycles. The summed E-state index contributed by atoms with van der Waals surface area (Å²) in [7, 11) is 0. The molecule has 3 heterocycles. The summed E-state index contributed by atoms with van der Waals surface area (Å²) < 4.78 is 1.71. The van der Waals surface area contributed by atoms with Gasteiger partial charge in [0.15, 0.2) is 11.6 Å². The Labute approximate surface area is 213 Å². The van der Waals surface area contributed by atoms with E-state index in [1.54, 1.807) is 40.4 Å². The second kappa shape index (κ2) is 9.84. The predicted octanol–water partition coefficient (Wildman–Crippen LogP) is 3.04. The minimum absolute atomic E-state index is 0.147. The number of hydrogen-bond acceptors (Lipinski definition) is 9. The Morgan fingerprint density at radius 3 is 2.56 bits per heavy atom. The number of hydrogen-bond donors (Lipinski definition) is 1. The zero-order valence-electron chi connectivity index (χ0n) is 18.9. The first-order valence-corrected chi connectivity index (χ1v) is 12.7. The molecule has 0 radical (unpaired) electrons. The molecule has 0 saturated heterocycles. The van der Waals surface area contributed by atoms with E-state index in [1.807, 2.05) is 0 Å². The molecule has 180 valence electrons. The van der Waals surface area contributed by atoms with Crippen molar-refractivity contribution in [1.82, 2.24) is 14.6 Å². The summed E-state index contributed by atoms with van der Waals surface area (Å²) >= 11 is 2.82. The van der Waals surface area contributed by atoms with Crippen LogP contribution in [-0.4, -0.2) is 56.1 Å². The van der Waals surface area contributed by atoms with Gasteiger partial charge in [-0.05, 0) is 24.3 Å². The fraction of sp³-hybridized carbons (Fsp3) is 0.125. The van der Waals surface area contributed by atoms with E-state index in [4.69, 9.17) is 4.98 Å². The maximum Gasteiger partial charge on any atom is 0.258 e. The Balaban J connectivity index is 1.32. The number of allylic oxidation sites excluding steroid dienone is 4. The third-order valence-corrected chi connectivity index (χ3v) is 6.94. The van der Waals surface area contributed by atoms with E-state index in [2.05, 4.69) is 15.4 Å². The molecular formula is C24H18N6O4S2. The van der Waals surface area contributed by atoms with Crippen molar-refractivity contribution < 1.29 is 19.2 Å². The van der Waals surface area contributed by atoms with E-state index in [-0.39, 0.29) is 23.5 Å². The number of imidazole rings is 1. The average molecular weight is 519 g/mol. The molecule has 1 aliphatic carbocycles. The highest BCUT2D eigenvalue weighted by molar-refractivity contribution is 8.04. The molecule has 1 aliphatic heterocycles. The summed E-state index contributed by atoms with van der Waals surface area (Å²) in [5.41, 5.74) is 4.12. The molecule has 36 heavy (non-hydrogen) atoms.